The van der Waals surface area contributed by atoms with Crippen molar-refractivity contribution in [1.82, 2.24) is 5.32 Å². The highest BCUT2D eigenvalue weighted by Crippen LogP contribution is 1.91. The smallest absolute Gasteiger partial charge is 0.221 e. The van der Waals surface area contributed by atoms with E-state index in [2.05, 4.69) is 12.2 Å². The molecule has 2 nitrogen and oxygen atoms in total. The largest absolute Gasteiger partial charge is 0.356 e. The van der Waals surface area contributed by atoms with Crippen molar-refractivity contribution in [1.29, 1.82) is 0 Å². The van der Waals surface area contributed by atoms with Crippen LogP contribution in [0.15, 0.2) is 0 Å². The summed E-state index contributed by atoms with van der Waals surface area (Å²) in [4.78, 5) is 10.8. The molecule has 0 fully saturated rings. The fourth-order valence-electron chi connectivity index (χ4n) is 0.777. The van der Waals surface area contributed by atoms with Crippen molar-refractivity contribution in [2.75, 3.05) is 12.4 Å². The Morgan fingerprint density at radius 2 is 2.18 bits per heavy atom. The van der Waals surface area contributed by atoms with Crippen LogP contribution in [0.1, 0.15) is 32.6 Å². The molecule has 1 amide bonds. The van der Waals surface area contributed by atoms with E-state index in [1.807, 2.05) is 0 Å². The minimum absolute atomic E-state index is 0.0658. The quantitative estimate of drug-likeness (QED) is 0.488. The first kappa shape index (κ1) is 10.8. The number of carbonyl (C=O) groups excluding carboxylic acids is 1. The van der Waals surface area contributed by atoms with Crippen molar-refractivity contribution in [2.45, 2.75) is 32.6 Å². The van der Waals surface area contributed by atoms with Crippen LogP contribution in [-0.4, -0.2) is 18.3 Å². The lowest BCUT2D eigenvalue weighted by atomic mass is 10.2. The second kappa shape index (κ2) is 7.86. The summed E-state index contributed by atoms with van der Waals surface area (Å²) in [5.41, 5.74) is 0. The van der Waals surface area contributed by atoms with Gasteiger partial charge in [-0.15, -0.1) is 11.6 Å². The zero-order valence-corrected chi connectivity index (χ0v) is 7.78. The Morgan fingerprint density at radius 3 is 2.73 bits per heavy atom. The molecule has 0 bridgehead atoms. The van der Waals surface area contributed by atoms with Crippen LogP contribution in [0.25, 0.3) is 0 Å². The van der Waals surface area contributed by atoms with E-state index in [4.69, 9.17) is 11.6 Å². The van der Waals surface area contributed by atoms with E-state index in [1.54, 1.807) is 0 Å². The normalized spacial score (nSPS) is 9.64. The molecule has 11 heavy (non-hydrogen) atoms. The molecule has 0 aromatic heterocycles. The van der Waals surface area contributed by atoms with Crippen LogP contribution >= 0.6 is 11.6 Å². The third-order valence-corrected chi connectivity index (χ3v) is 1.61. The molecule has 0 aromatic carbocycles. The monoisotopic (exact) mass is 177 g/mol. The van der Waals surface area contributed by atoms with Gasteiger partial charge in [0, 0.05) is 18.8 Å². The number of halogens is 1. The van der Waals surface area contributed by atoms with Crippen molar-refractivity contribution in [3.63, 3.8) is 0 Å². The van der Waals surface area contributed by atoms with E-state index in [-0.39, 0.29) is 5.91 Å². The van der Waals surface area contributed by atoms with E-state index >= 15 is 0 Å². The molecule has 0 spiro atoms. The first-order valence-corrected chi connectivity index (χ1v) is 4.67. The first-order valence-electron chi connectivity index (χ1n) is 4.14. The van der Waals surface area contributed by atoms with E-state index in [0.29, 0.717) is 12.3 Å². The molecule has 0 aliphatic rings. The molecule has 0 saturated carbocycles. The number of carbonyl (C=O) groups is 1. The molecular weight excluding hydrogens is 162 g/mol. The molecule has 0 aliphatic heterocycles. The Bertz CT molecular complexity index is 106. The van der Waals surface area contributed by atoms with Crippen LogP contribution in [0.5, 0.6) is 0 Å². The molecule has 66 valence electrons. The Morgan fingerprint density at radius 1 is 1.45 bits per heavy atom. The van der Waals surface area contributed by atoms with Gasteiger partial charge < -0.3 is 5.32 Å². The maximum absolute atomic E-state index is 10.8. The summed E-state index contributed by atoms with van der Waals surface area (Å²) in [5.74, 6) is 0.482. The van der Waals surface area contributed by atoms with Gasteiger partial charge in [-0.1, -0.05) is 19.8 Å². The number of amides is 1. The number of alkyl halides is 1. The lowest BCUT2D eigenvalue weighted by Gasteiger charge is -2.01. The summed E-state index contributed by atoms with van der Waals surface area (Å²) in [5, 5.41) is 2.80. The molecule has 0 atom stereocenters. The van der Waals surface area contributed by atoms with Gasteiger partial charge in [0.1, 0.15) is 0 Å². The Balaban J connectivity index is 3.04. The summed E-state index contributed by atoms with van der Waals surface area (Å²) in [6, 6.07) is 0. The van der Waals surface area contributed by atoms with E-state index < -0.39 is 0 Å². The summed E-state index contributed by atoms with van der Waals surface area (Å²) in [7, 11) is 0. The fourth-order valence-corrected chi connectivity index (χ4v) is 0.949. The average molecular weight is 178 g/mol. The molecule has 3 heteroatoms. The summed E-state index contributed by atoms with van der Waals surface area (Å²) in [6.07, 6.45) is 3.88. The summed E-state index contributed by atoms with van der Waals surface area (Å²) >= 11 is 5.38. The van der Waals surface area contributed by atoms with Gasteiger partial charge in [-0.05, 0) is 6.42 Å². The predicted molar refractivity (Wildman–Crippen MR) is 47.9 cm³/mol. The van der Waals surface area contributed by atoms with Gasteiger partial charge in [-0.25, -0.2) is 0 Å². The molecule has 0 aliphatic carbocycles. The maximum atomic E-state index is 10.8. The second-order valence-corrected chi connectivity index (χ2v) is 2.87. The topological polar surface area (TPSA) is 29.1 Å². The molecule has 0 unspecified atom stereocenters. The Labute approximate surface area is 73.3 Å². The van der Waals surface area contributed by atoms with E-state index in [9.17, 15) is 4.79 Å². The highest BCUT2D eigenvalue weighted by molar-refractivity contribution is 6.18. The summed E-state index contributed by atoms with van der Waals surface area (Å²) < 4.78 is 0. The molecular formula is C8H16ClNO. The van der Waals surface area contributed by atoms with Crippen molar-refractivity contribution < 1.29 is 4.79 Å². The molecule has 0 radical (unpaired) electrons. The predicted octanol–water partition coefficient (Wildman–Crippen LogP) is 1.92. The van der Waals surface area contributed by atoms with E-state index in [1.165, 1.54) is 12.8 Å². The second-order valence-electron chi connectivity index (χ2n) is 2.50. The number of nitrogens with one attached hydrogen (secondary N) is 1. The SMILES string of the molecule is CCCCCNC(=O)CCCl. The molecule has 1 N–H and O–H groups in total. The van der Waals surface area contributed by atoms with Crippen molar-refractivity contribution >= 4 is 17.5 Å². The minimum atomic E-state index is 0.0658. The summed E-state index contributed by atoms with van der Waals surface area (Å²) in [6.45, 7) is 2.93. The van der Waals surface area contributed by atoms with Gasteiger partial charge in [-0.2, -0.15) is 0 Å². The number of hydrogen-bond acceptors (Lipinski definition) is 1. The lowest BCUT2D eigenvalue weighted by molar-refractivity contribution is -0.120. The van der Waals surface area contributed by atoms with Gasteiger partial charge in [0.25, 0.3) is 0 Å². The van der Waals surface area contributed by atoms with Crippen molar-refractivity contribution in [3.05, 3.63) is 0 Å². The zero-order chi connectivity index (χ0) is 8.53. The van der Waals surface area contributed by atoms with Gasteiger partial charge >= 0.3 is 0 Å². The number of rotatable bonds is 6. The first-order chi connectivity index (χ1) is 5.31. The third kappa shape index (κ3) is 7.66. The highest BCUT2D eigenvalue weighted by Gasteiger charge is 1.96. The van der Waals surface area contributed by atoms with Crippen molar-refractivity contribution in [3.8, 4) is 0 Å². The standard InChI is InChI=1S/C8H16ClNO/c1-2-3-4-7-10-8(11)5-6-9/h2-7H2,1H3,(H,10,11). The maximum Gasteiger partial charge on any atom is 0.221 e. The number of unbranched alkanes of at least 4 members (excludes halogenated alkanes) is 2. The highest BCUT2D eigenvalue weighted by atomic mass is 35.5. The average Bonchev–Trinajstić information content (AvgIpc) is 1.99. The van der Waals surface area contributed by atoms with Gasteiger partial charge in [0.2, 0.25) is 5.91 Å². The molecule has 0 aromatic rings. The Hall–Kier alpha value is -0.240. The van der Waals surface area contributed by atoms with Gasteiger partial charge in [0.15, 0.2) is 0 Å². The van der Waals surface area contributed by atoms with Crippen LogP contribution in [0.4, 0.5) is 0 Å². The van der Waals surface area contributed by atoms with Crippen LogP contribution in [-0.2, 0) is 4.79 Å². The van der Waals surface area contributed by atoms with Crippen LogP contribution in [0.2, 0.25) is 0 Å². The van der Waals surface area contributed by atoms with Crippen molar-refractivity contribution in [2.24, 2.45) is 0 Å². The van der Waals surface area contributed by atoms with E-state index in [0.717, 1.165) is 13.0 Å². The fraction of sp³-hybridized carbons (Fsp3) is 0.875. The van der Waals surface area contributed by atoms with Crippen LogP contribution < -0.4 is 5.32 Å². The van der Waals surface area contributed by atoms with Gasteiger partial charge in [-0.3, -0.25) is 4.79 Å². The zero-order valence-electron chi connectivity index (χ0n) is 7.03. The van der Waals surface area contributed by atoms with Crippen LogP contribution in [0.3, 0.4) is 0 Å². The Kier molecular flexibility index (Phi) is 7.69. The minimum Gasteiger partial charge on any atom is -0.356 e. The number of hydrogen-bond donors (Lipinski definition) is 1. The van der Waals surface area contributed by atoms with Gasteiger partial charge in [0.05, 0.1) is 0 Å². The molecule has 0 heterocycles. The third-order valence-electron chi connectivity index (χ3n) is 1.42. The van der Waals surface area contributed by atoms with Crippen LogP contribution in [0, 0.1) is 0 Å². The molecule has 0 saturated heterocycles. The lowest BCUT2D eigenvalue weighted by Crippen LogP contribution is -2.24. The molecule has 0 rings (SSSR count).